The number of hydrogen-bond donors (Lipinski definition) is 2. The molecule has 0 bridgehead atoms. The number of hydrogen-bond acceptors (Lipinski definition) is 5. The number of thiazole rings is 1. The zero-order chi connectivity index (χ0) is 17.7. The lowest BCUT2D eigenvalue weighted by atomic mass is 9.74. The summed E-state index contributed by atoms with van der Waals surface area (Å²) in [6.07, 6.45) is 1.42. The number of nitrogens with zero attached hydrogens (tertiary/aromatic N) is 2. The lowest BCUT2D eigenvalue weighted by molar-refractivity contribution is 0.0760. The first kappa shape index (κ1) is 18.3. The van der Waals surface area contributed by atoms with Crippen molar-refractivity contribution in [2.45, 2.75) is 50.8 Å². The third kappa shape index (κ3) is 3.26. The number of halogens is 1. The van der Waals surface area contributed by atoms with E-state index in [1.54, 1.807) is 0 Å². The molecule has 1 spiro atoms. The molecule has 2 N–H and O–H groups in total. The molecule has 1 fully saturated rings. The van der Waals surface area contributed by atoms with Crippen LogP contribution in [-0.2, 0) is 17.8 Å². The topological polar surface area (TPSA) is 88.5 Å². The Morgan fingerprint density at radius 1 is 1.50 bits per heavy atom. The fraction of sp³-hybridized carbons (Fsp3) is 0.733. The number of rotatable bonds is 2. The SMILES string of the molecule is CC(C)(C)[S@@+]([O-])N[C@@H]1c2nc(Cl)sc2CC12CCN(C(=O)O)CC2. The van der Waals surface area contributed by atoms with Gasteiger partial charge < -0.3 is 14.6 Å². The average Bonchev–Trinajstić information content (AvgIpc) is 2.94. The zero-order valence-corrected chi connectivity index (χ0v) is 16.4. The van der Waals surface area contributed by atoms with E-state index >= 15 is 0 Å². The van der Waals surface area contributed by atoms with Crippen LogP contribution in [0.15, 0.2) is 0 Å². The molecule has 1 aromatic heterocycles. The third-order valence-corrected chi connectivity index (χ3v) is 7.65. The van der Waals surface area contributed by atoms with Gasteiger partial charge >= 0.3 is 6.09 Å². The monoisotopic (exact) mass is 391 g/mol. The normalized spacial score (nSPS) is 24.2. The van der Waals surface area contributed by atoms with Crippen LogP contribution in [0.5, 0.6) is 0 Å². The molecule has 0 unspecified atom stereocenters. The van der Waals surface area contributed by atoms with Crippen molar-refractivity contribution in [3.8, 4) is 0 Å². The van der Waals surface area contributed by atoms with Crippen molar-refractivity contribution in [2.75, 3.05) is 13.1 Å². The zero-order valence-electron chi connectivity index (χ0n) is 14.0. The summed E-state index contributed by atoms with van der Waals surface area (Å²) in [5.74, 6) is 0. The van der Waals surface area contributed by atoms with Gasteiger partial charge in [-0.1, -0.05) is 11.6 Å². The first-order chi connectivity index (χ1) is 11.1. The van der Waals surface area contributed by atoms with E-state index in [2.05, 4.69) is 9.71 Å². The summed E-state index contributed by atoms with van der Waals surface area (Å²) in [7, 11) is 0. The van der Waals surface area contributed by atoms with Crippen LogP contribution >= 0.6 is 22.9 Å². The van der Waals surface area contributed by atoms with Gasteiger partial charge in [0.25, 0.3) is 0 Å². The molecule has 0 aromatic carbocycles. The van der Waals surface area contributed by atoms with Crippen molar-refractivity contribution in [2.24, 2.45) is 5.41 Å². The number of carbonyl (C=O) groups is 1. The van der Waals surface area contributed by atoms with E-state index in [-0.39, 0.29) is 16.2 Å². The molecule has 0 saturated carbocycles. The molecule has 3 rings (SSSR count). The second-order valence-electron chi connectivity index (χ2n) is 7.52. The summed E-state index contributed by atoms with van der Waals surface area (Å²) in [5.41, 5.74) is 0.761. The van der Waals surface area contributed by atoms with Crippen molar-refractivity contribution in [3.63, 3.8) is 0 Å². The first-order valence-corrected chi connectivity index (χ1v) is 10.3. The van der Waals surface area contributed by atoms with Crippen LogP contribution in [-0.4, -0.2) is 43.5 Å². The molecule has 24 heavy (non-hydrogen) atoms. The molecule has 1 aromatic rings. The van der Waals surface area contributed by atoms with E-state index in [0.717, 1.165) is 29.8 Å². The Bertz CT molecular complexity index is 638. The van der Waals surface area contributed by atoms with Crippen LogP contribution < -0.4 is 4.72 Å². The molecule has 2 aliphatic rings. The molecular formula is C15H22ClN3O3S2. The summed E-state index contributed by atoms with van der Waals surface area (Å²) in [5, 5.41) is 9.19. The Morgan fingerprint density at radius 3 is 2.67 bits per heavy atom. The second-order valence-corrected chi connectivity index (χ2v) is 11.2. The minimum atomic E-state index is -1.23. The first-order valence-electron chi connectivity index (χ1n) is 7.93. The Balaban J connectivity index is 1.86. The maximum atomic E-state index is 12.7. The summed E-state index contributed by atoms with van der Waals surface area (Å²) in [6.45, 7) is 6.79. The number of piperidine rings is 1. The van der Waals surface area contributed by atoms with Gasteiger partial charge in [0.2, 0.25) is 0 Å². The number of aromatic nitrogens is 1. The molecule has 0 radical (unpaired) electrons. The summed E-state index contributed by atoms with van der Waals surface area (Å²) in [6, 6.07) is -0.146. The summed E-state index contributed by atoms with van der Waals surface area (Å²) >= 11 is 6.33. The van der Waals surface area contributed by atoms with Gasteiger partial charge in [-0.05, 0) is 40.0 Å². The van der Waals surface area contributed by atoms with Crippen LogP contribution in [0.25, 0.3) is 0 Å². The molecule has 2 atom stereocenters. The van der Waals surface area contributed by atoms with E-state index in [9.17, 15) is 14.5 Å². The van der Waals surface area contributed by atoms with Crippen LogP contribution in [0, 0.1) is 5.41 Å². The summed E-state index contributed by atoms with van der Waals surface area (Å²) < 4.78 is 16.1. The fourth-order valence-corrected chi connectivity index (χ4v) is 5.75. The lowest BCUT2D eigenvalue weighted by Crippen LogP contribution is -2.50. The minimum Gasteiger partial charge on any atom is -0.598 e. The average molecular weight is 392 g/mol. The number of fused-ring (bicyclic) bond motifs is 1. The van der Waals surface area contributed by atoms with Gasteiger partial charge in [-0.15, -0.1) is 16.1 Å². The van der Waals surface area contributed by atoms with E-state index < -0.39 is 17.5 Å². The standard InChI is InChI=1S/C15H22ClN3O3S2/c1-14(2,3)24(22)18-11-10-9(23-12(16)17-10)8-15(11)4-6-19(7-5-15)13(20)21/h11,18H,4-8H2,1-3H3,(H,20,21)/t11-,24-/m1/s1. The molecular weight excluding hydrogens is 370 g/mol. The van der Waals surface area contributed by atoms with Crippen molar-refractivity contribution < 1.29 is 14.5 Å². The Kier molecular flexibility index (Phi) is 4.81. The smallest absolute Gasteiger partial charge is 0.407 e. The van der Waals surface area contributed by atoms with Gasteiger partial charge in [-0.3, -0.25) is 0 Å². The highest BCUT2D eigenvalue weighted by molar-refractivity contribution is 7.90. The third-order valence-electron chi connectivity index (χ3n) is 4.91. The Hall–Kier alpha value is -0.540. The van der Waals surface area contributed by atoms with Crippen molar-refractivity contribution in [1.29, 1.82) is 0 Å². The maximum Gasteiger partial charge on any atom is 0.407 e. The molecule has 134 valence electrons. The van der Waals surface area contributed by atoms with E-state index in [1.807, 2.05) is 20.8 Å². The molecule has 6 nitrogen and oxygen atoms in total. The van der Waals surface area contributed by atoms with Crippen molar-refractivity contribution in [1.82, 2.24) is 14.6 Å². The fourth-order valence-electron chi connectivity index (χ4n) is 3.47. The maximum absolute atomic E-state index is 12.7. The molecule has 9 heteroatoms. The molecule has 2 heterocycles. The highest BCUT2D eigenvalue weighted by Crippen LogP contribution is 2.54. The van der Waals surface area contributed by atoms with E-state index in [0.29, 0.717) is 17.6 Å². The molecule has 1 saturated heterocycles. The number of nitrogens with one attached hydrogen (secondary N) is 1. The predicted molar refractivity (Wildman–Crippen MR) is 95.9 cm³/mol. The minimum absolute atomic E-state index is 0.133. The van der Waals surface area contributed by atoms with Crippen molar-refractivity contribution in [3.05, 3.63) is 15.0 Å². The number of carboxylic acid groups (broad SMARTS) is 1. The lowest BCUT2D eigenvalue weighted by Gasteiger charge is -2.42. The second kappa shape index (κ2) is 6.32. The van der Waals surface area contributed by atoms with Gasteiger partial charge in [0, 0.05) is 34.7 Å². The van der Waals surface area contributed by atoms with Gasteiger partial charge in [-0.2, -0.15) is 0 Å². The Morgan fingerprint density at radius 2 is 2.12 bits per heavy atom. The highest BCUT2D eigenvalue weighted by Gasteiger charge is 2.52. The number of likely N-dealkylation sites (tertiary alicyclic amines) is 1. The van der Waals surface area contributed by atoms with Crippen LogP contribution in [0.4, 0.5) is 4.79 Å². The van der Waals surface area contributed by atoms with Gasteiger partial charge in [-0.25, -0.2) is 9.78 Å². The predicted octanol–water partition coefficient (Wildman–Crippen LogP) is 3.21. The molecule has 1 amide bonds. The van der Waals surface area contributed by atoms with Gasteiger partial charge in [0.15, 0.2) is 4.47 Å². The Labute approximate surface area is 153 Å². The van der Waals surface area contributed by atoms with Gasteiger partial charge in [0.05, 0.1) is 5.69 Å². The highest BCUT2D eigenvalue weighted by atomic mass is 35.5. The van der Waals surface area contributed by atoms with Gasteiger partial charge in [0.1, 0.15) is 10.8 Å². The molecule has 1 aliphatic carbocycles. The van der Waals surface area contributed by atoms with Crippen LogP contribution in [0.3, 0.4) is 0 Å². The van der Waals surface area contributed by atoms with E-state index in [4.69, 9.17) is 11.6 Å². The molecule has 1 aliphatic heterocycles. The number of amides is 1. The largest absolute Gasteiger partial charge is 0.598 e. The van der Waals surface area contributed by atoms with E-state index in [1.165, 1.54) is 16.2 Å². The van der Waals surface area contributed by atoms with Crippen LogP contribution in [0.1, 0.15) is 50.2 Å². The van der Waals surface area contributed by atoms with Crippen molar-refractivity contribution >= 4 is 40.4 Å². The summed E-state index contributed by atoms with van der Waals surface area (Å²) in [4.78, 5) is 18.2. The van der Waals surface area contributed by atoms with Crippen LogP contribution in [0.2, 0.25) is 4.47 Å². The quantitative estimate of drug-likeness (QED) is 0.755.